The van der Waals surface area contributed by atoms with Gasteiger partial charge in [0.25, 0.3) is 0 Å². The zero-order valence-electron chi connectivity index (χ0n) is 16.6. The number of likely N-dealkylation sites (tertiary alicyclic amines) is 1. The van der Waals surface area contributed by atoms with Crippen molar-refractivity contribution in [3.63, 3.8) is 0 Å². The molecule has 3 rings (SSSR count). The van der Waals surface area contributed by atoms with Crippen LogP contribution in [0.4, 0.5) is 19.1 Å². The summed E-state index contributed by atoms with van der Waals surface area (Å²) in [6.07, 6.45) is -0.502. The van der Waals surface area contributed by atoms with E-state index in [2.05, 4.69) is 21.8 Å². The minimum Gasteiger partial charge on any atom is -0.475 e. The van der Waals surface area contributed by atoms with E-state index in [9.17, 15) is 18.0 Å². The molecule has 3 heterocycles. The maximum atomic E-state index is 12.9. The fourth-order valence-corrected chi connectivity index (χ4v) is 3.64. The molecule has 0 radical (unpaired) electrons. The number of nitrogens with zero attached hydrogens (tertiary/aromatic N) is 4. The zero-order valence-corrected chi connectivity index (χ0v) is 16.6. The van der Waals surface area contributed by atoms with Gasteiger partial charge in [-0.3, -0.25) is 4.79 Å². The molecule has 1 spiro atoms. The molecule has 1 N–H and O–H groups in total. The Labute approximate surface area is 166 Å². The SMILES string of the molecule is COCCN1CC[C@]2(CN(c3ncc(C)cn3)C[C@H]2C)C1=O.O=C(O)C(F)(F)F. The fourth-order valence-electron chi connectivity index (χ4n) is 3.64. The Bertz CT molecular complexity index is 729. The molecule has 1 aromatic heterocycles. The van der Waals surface area contributed by atoms with Crippen LogP contribution in [0.2, 0.25) is 0 Å². The van der Waals surface area contributed by atoms with Gasteiger partial charge in [0.1, 0.15) is 0 Å². The average Bonchev–Trinajstić information content (AvgIpc) is 3.15. The van der Waals surface area contributed by atoms with E-state index in [4.69, 9.17) is 14.6 Å². The molecule has 2 aliphatic heterocycles. The molecular formula is C18H25F3N4O4. The molecule has 2 atom stereocenters. The Kier molecular flexibility index (Phi) is 7.04. The van der Waals surface area contributed by atoms with E-state index in [0.717, 1.165) is 37.6 Å². The number of aliphatic carboxylic acids is 1. The van der Waals surface area contributed by atoms with Crippen molar-refractivity contribution in [1.29, 1.82) is 0 Å². The topological polar surface area (TPSA) is 95.9 Å². The number of carboxylic acids is 1. The second-order valence-corrected chi connectivity index (χ2v) is 7.34. The van der Waals surface area contributed by atoms with Gasteiger partial charge in [0, 0.05) is 45.7 Å². The van der Waals surface area contributed by atoms with Gasteiger partial charge in [0.2, 0.25) is 11.9 Å². The number of carboxylic acid groups (broad SMARTS) is 1. The van der Waals surface area contributed by atoms with Crippen molar-refractivity contribution in [2.24, 2.45) is 11.3 Å². The summed E-state index contributed by atoms with van der Waals surface area (Å²) in [6.45, 7) is 7.82. The highest BCUT2D eigenvalue weighted by Gasteiger charge is 2.55. The van der Waals surface area contributed by atoms with E-state index in [1.54, 1.807) is 7.11 Å². The number of anilines is 1. The number of carbonyl (C=O) groups excluding carboxylic acids is 1. The number of halogens is 3. The maximum absolute atomic E-state index is 12.9. The lowest BCUT2D eigenvalue weighted by Gasteiger charge is -2.26. The smallest absolute Gasteiger partial charge is 0.475 e. The summed E-state index contributed by atoms with van der Waals surface area (Å²) >= 11 is 0. The van der Waals surface area contributed by atoms with Crippen molar-refractivity contribution >= 4 is 17.8 Å². The predicted molar refractivity (Wildman–Crippen MR) is 97.3 cm³/mol. The summed E-state index contributed by atoms with van der Waals surface area (Å²) in [5, 5.41) is 7.12. The summed E-state index contributed by atoms with van der Waals surface area (Å²) in [6, 6.07) is 0. The van der Waals surface area contributed by atoms with E-state index >= 15 is 0 Å². The Morgan fingerprint density at radius 2 is 1.97 bits per heavy atom. The van der Waals surface area contributed by atoms with Crippen LogP contribution in [0.1, 0.15) is 18.9 Å². The van der Waals surface area contributed by atoms with Crippen LogP contribution in [0.25, 0.3) is 0 Å². The molecule has 29 heavy (non-hydrogen) atoms. The van der Waals surface area contributed by atoms with E-state index in [0.29, 0.717) is 19.1 Å². The molecule has 1 aromatic rings. The first-order chi connectivity index (χ1) is 13.5. The number of carbonyl (C=O) groups is 2. The van der Waals surface area contributed by atoms with Crippen molar-refractivity contribution in [3.05, 3.63) is 18.0 Å². The monoisotopic (exact) mass is 418 g/mol. The third kappa shape index (κ3) is 5.14. The minimum atomic E-state index is -5.08. The number of aromatic nitrogens is 2. The van der Waals surface area contributed by atoms with Crippen LogP contribution >= 0.6 is 0 Å². The van der Waals surface area contributed by atoms with Crippen LogP contribution in [-0.4, -0.2) is 77.9 Å². The number of methoxy groups -OCH3 is 1. The Balaban J connectivity index is 0.000000370. The van der Waals surface area contributed by atoms with E-state index in [-0.39, 0.29) is 11.3 Å². The molecule has 2 aliphatic rings. The summed E-state index contributed by atoms with van der Waals surface area (Å²) < 4.78 is 36.8. The predicted octanol–water partition coefficient (Wildman–Crippen LogP) is 1.74. The third-order valence-electron chi connectivity index (χ3n) is 5.31. The summed E-state index contributed by atoms with van der Waals surface area (Å²) in [5.74, 6) is -1.44. The number of hydrogen-bond acceptors (Lipinski definition) is 6. The van der Waals surface area contributed by atoms with Crippen LogP contribution in [0, 0.1) is 18.3 Å². The second kappa shape index (κ2) is 8.93. The average molecular weight is 418 g/mol. The van der Waals surface area contributed by atoms with Crippen LogP contribution in [-0.2, 0) is 14.3 Å². The van der Waals surface area contributed by atoms with Crippen LogP contribution in [0.15, 0.2) is 12.4 Å². The molecule has 8 nitrogen and oxygen atoms in total. The largest absolute Gasteiger partial charge is 0.490 e. The molecule has 11 heteroatoms. The quantitative estimate of drug-likeness (QED) is 0.796. The van der Waals surface area contributed by atoms with Gasteiger partial charge in [0.15, 0.2) is 0 Å². The molecule has 2 saturated heterocycles. The maximum Gasteiger partial charge on any atom is 0.490 e. The van der Waals surface area contributed by atoms with Gasteiger partial charge in [-0.2, -0.15) is 13.2 Å². The zero-order chi connectivity index (χ0) is 21.8. The molecule has 1 amide bonds. The van der Waals surface area contributed by atoms with Gasteiger partial charge < -0.3 is 19.6 Å². The lowest BCUT2D eigenvalue weighted by atomic mass is 9.78. The summed E-state index contributed by atoms with van der Waals surface area (Å²) in [7, 11) is 1.67. The van der Waals surface area contributed by atoms with Crippen molar-refractivity contribution in [3.8, 4) is 0 Å². The Morgan fingerprint density at radius 3 is 2.48 bits per heavy atom. The minimum absolute atomic E-state index is 0.270. The highest BCUT2D eigenvalue weighted by molar-refractivity contribution is 5.86. The van der Waals surface area contributed by atoms with Crippen molar-refractivity contribution in [2.45, 2.75) is 26.4 Å². The third-order valence-corrected chi connectivity index (χ3v) is 5.31. The summed E-state index contributed by atoms with van der Waals surface area (Å²) in [5.41, 5.74) is 0.774. The highest BCUT2D eigenvalue weighted by Crippen LogP contribution is 2.45. The summed E-state index contributed by atoms with van der Waals surface area (Å²) in [4.78, 5) is 34.7. The number of hydrogen-bond donors (Lipinski definition) is 1. The highest BCUT2D eigenvalue weighted by atomic mass is 19.4. The van der Waals surface area contributed by atoms with Gasteiger partial charge >= 0.3 is 12.1 Å². The molecular weight excluding hydrogens is 393 g/mol. The van der Waals surface area contributed by atoms with Crippen molar-refractivity contribution < 1.29 is 32.6 Å². The van der Waals surface area contributed by atoms with Crippen molar-refractivity contribution in [1.82, 2.24) is 14.9 Å². The first kappa shape index (κ1) is 22.9. The van der Waals surface area contributed by atoms with E-state index in [1.807, 2.05) is 24.2 Å². The van der Waals surface area contributed by atoms with Gasteiger partial charge in [0.05, 0.1) is 12.0 Å². The first-order valence-corrected chi connectivity index (χ1v) is 9.13. The van der Waals surface area contributed by atoms with E-state index < -0.39 is 12.1 Å². The molecule has 162 valence electrons. The fraction of sp³-hybridized carbons (Fsp3) is 0.667. The molecule has 0 bridgehead atoms. The first-order valence-electron chi connectivity index (χ1n) is 9.13. The van der Waals surface area contributed by atoms with Gasteiger partial charge in [-0.25, -0.2) is 14.8 Å². The number of ether oxygens (including phenoxy) is 1. The van der Waals surface area contributed by atoms with Crippen molar-refractivity contribution in [2.75, 3.05) is 44.8 Å². The lowest BCUT2D eigenvalue weighted by molar-refractivity contribution is -0.192. The molecule has 0 saturated carbocycles. The second-order valence-electron chi connectivity index (χ2n) is 7.34. The van der Waals surface area contributed by atoms with Crippen LogP contribution in [0.5, 0.6) is 0 Å². The number of aryl methyl sites for hydroxylation is 1. The van der Waals surface area contributed by atoms with Crippen LogP contribution < -0.4 is 4.90 Å². The van der Waals surface area contributed by atoms with Gasteiger partial charge in [-0.05, 0) is 24.8 Å². The normalized spacial score (nSPS) is 24.1. The number of amides is 1. The van der Waals surface area contributed by atoms with Gasteiger partial charge in [-0.1, -0.05) is 6.92 Å². The molecule has 0 aromatic carbocycles. The number of rotatable bonds is 4. The van der Waals surface area contributed by atoms with Gasteiger partial charge in [-0.15, -0.1) is 0 Å². The van der Waals surface area contributed by atoms with E-state index in [1.165, 1.54) is 0 Å². The molecule has 0 aliphatic carbocycles. The Morgan fingerprint density at radius 1 is 1.38 bits per heavy atom. The van der Waals surface area contributed by atoms with Crippen LogP contribution in [0.3, 0.4) is 0 Å². The Hall–Kier alpha value is -2.43. The lowest BCUT2D eigenvalue weighted by Crippen LogP contribution is -2.40. The molecule has 0 unspecified atom stereocenters. The standard InChI is InChI=1S/C16H24N4O2.C2HF3O2/c1-12-8-17-15(18-9-12)20-10-13(2)16(11-20)4-5-19(14(16)21)6-7-22-3;3-2(4,5)1(6)7/h8-9,13H,4-7,10-11H2,1-3H3;(H,6,7)/t13-,16-;/m1./s1. The molecule has 2 fully saturated rings. The number of alkyl halides is 3.